The van der Waals surface area contributed by atoms with E-state index >= 15 is 0 Å². The number of rotatable bonds is 7. The van der Waals surface area contributed by atoms with Gasteiger partial charge < -0.3 is 13.9 Å². The van der Waals surface area contributed by atoms with Gasteiger partial charge in [0.1, 0.15) is 17.3 Å². The smallest absolute Gasteiger partial charge is 0.162 e. The lowest BCUT2D eigenvalue weighted by Gasteiger charge is -2.18. The van der Waals surface area contributed by atoms with Crippen molar-refractivity contribution in [1.29, 1.82) is 0 Å². The van der Waals surface area contributed by atoms with Crippen molar-refractivity contribution in [2.45, 2.75) is 20.0 Å². The maximum atomic E-state index is 5.64. The molecule has 0 aliphatic carbocycles. The van der Waals surface area contributed by atoms with Crippen LogP contribution in [0.3, 0.4) is 0 Å². The molecule has 3 aromatic rings. The van der Waals surface area contributed by atoms with Crippen LogP contribution in [0.5, 0.6) is 11.5 Å². The van der Waals surface area contributed by atoms with E-state index in [0.29, 0.717) is 0 Å². The Bertz CT molecular complexity index is 841. The molecular weight excluding hydrogens is 336 g/mol. The summed E-state index contributed by atoms with van der Waals surface area (Å²) in [5.41, 5.74) is 2.15. The first-order valence-electron chi connectivity index (χ1n) is 7.99. The summed E-state index contributed by atoms with van der Waals surface area (Å²) < 4.78 is 16.4. The highest BCUT2D eigenvalue weighted by molar-refractivity contribution is 7.13. The number of hydrogen-bond acceptors (Lipinski definition) is 6. The van der Waals surface area contributed by atoms with Gasteiger partial charge in [0, 0.05) is 30.1 Å². The van der Waals surface area contributed by atoms with Gasteiger partial charge in [-0.05, 0) is 32.2 Å². The molecule has 0 N–H and O–H groups in total. The van der Waals surface area contributed by atoms with Gasteiger partial charge in [-0.1, -0.05) is 6.07 Å². The number of aromatic nitrogens is 1. The van der Waals surface area contributed by atoms with Crippen molar-refractivity contribution in [3.05, 3.63) is 52.7 Å². The van der Waals surface area contributed by atoms with Crippen LogP contribution in [0.1, 0.15) is 17.0 Å². The number of ether oxygens (including phenoxy) is 2. The molecule has 0 radical (unpaired) electrons. The third kappa shape index (κ3) is 4.21. The molecule has 25 heavy (non-hydrogen) atoms. The zero-order valence-electron chi connectivity index (χ0n) is 14.9. The van der Waals surface area contributed by atoms with Crippen LogP contribution in [0.25, 0.3) is 10.8 Å². The van der Waals surface area contributed by atoms with Crippen LogP contribution in [0.4, 0.5) is 0 Å². The lowest BCUT2D eigenvalue weighted by Crippen LogP contribution is -2.18. The third-order valence-electron chi connectivity index (χ3n) is 3.87. The molecule has 0 aliphatic rings. The van der Waals surface area contributed by atoms with Crippen LogP contribution in [0.15, 0.2) is 40.1 Å². The molecule has 0 amide bonds. The molecule has 0 atom stereocenters. The number of hydrogen-bond donors (Lipinski definition) is 0. The van der Waals surface area contributed by atoms with Gasteiger partial charge >= 0.3 is 0 Å². The molecule has 0 saturated heterocycles. The minimum Gasteiger partial charge on any atom is -0.497 e. The second kappa shape index (κ2) is 7.72. The predicted octanol–water partition coefficient (Wildman–Crippen LogP) is 4.36. The van der Waals surface area contributed by atoms with E-state index in [9.17, 15) is 0 Å². The first kappa shape index (κ1) is 17.5. The Labute approximate surface area is 151 Å². The number of aryl methyl sites for hydroxylation is 1. The summed E-state index contributed by atoms with van der Waals surface area (Å²) in [6.45, 7) is 3.46. The topological polar surface area (TPSA) is 47.7 Å². The van der Waals surface area contributed by atoms with E-state index in [1.807, 2.05) is 37.3 Å². The van der Waals surface area contributed by atoms with Crippen molar-refractivity contribution in [3.8, 4) is 22.3 Å². The molecule has 0 aliphatic heterocycles. The van der Waals surface area contributed by atoms with Gasteiger partial charge in [0.25, 0.3) is 0 Å². The van der Waals surface area contributed by atoms with E-state index in [4.69, 9.17) is 13.9 Å². The normalized spacial score (nSPS) is 11.1. The maximum absolute atomic E-state index is 5.64. The Morgan fingerprint density at radius 1 is 1.12 bits per heavy atom. The highest BCUT2D eigenvalue weighted by atomic mass is 32.1. The predicted molar refractivity (Wildman–Crippen MR) is 99.3 cm³/mol. The van der Waals surface area contributed by atoms with Gasteiger partial charge in [0.05, 0.1) is 19.9 Å². The first-order chi connectivity index (χ1) is 12.1. The maximum Gasteiger partial charge on any atom is 0.162 e. The minimum absolute atomic E-state index is 0.755. The van der Waals surface area contributed by atoms with E-state index in [0.717, 1.165) is 52.4 Å². The second-order valence-electron chi connectivity index (χ2n) is 5.90. The summed E-state index contributed by atoms with van der Waals surface area (Å²) >= 11 is 1.60. The summed E-state index contributed by atoms with van der Waals surface area (Å²) in [4.78, 5) is 6.88. The molecule has 2 aromatic heterocycles. The lowest BCUT2D eigenvalue weighted by molar-refractivity contribution is 0.306. The van der Waals surface area contributed by atoms with Crippen molar-refractivity contribution in [3.63, 3.8) is 0 Å². The largest absolute Gasteiger partial charge is 0.497 e. The Kier molecular flexibility index (Phi) is 5.40. The van der Waals surface area contributed by atoms with E-state index in [-0.39, 0.29) is 0 Å². The highest BCUT2D eigenvalue weighted by Crippen LogP contribution is 2.28. The fourth-order valence-corrected chi connectivity index (χ4v) is 3.42. The zero-order valence-corrected chi connectivity index (χ0v) is 15.7. The molecular formula is C19H22N2O3S. The number of benzene rings is 1. The summed E-state index contributed by atoms with van der Waals surface area (Å²) in [7, 11) is 5.40. The van der Waals surface area contributed by atoms with Crippen molar-refractivity contribution >= 4 is 11.3 Å². The zero-order chi connectivity index (χ0) is 17.8. The van der Waals surface area contributed by atoms with Crippen LogP contribution in [-0.4, -0.2) is 31.2 Å². The molecule has 0 bridgehead atoms. The number of furan rings is 1. The Morgan fingerprint density at radius 2 is 1.96 bits per heavy atom. The first-order valence-corrected chi connectivity index (χ1v) is 8.87. The summed E-state index contributed by atoms with van der Waals surface area (Å²) in [5.74, 6) is 3.35. The van der Waals surface area contributed by atoms with E-state index in [1.165, 1.54) is 0 Å². The van der Waals surface area contributed by atoms with Gasteiger partial charge in [-0.3, -0.25) is 4.90 Å². The van der Waals surface area contributed by atoms with Crippen LogP contribution >= 0.6 is 11.3 Å². The molecule has 0 saturated carbocycles. The minimum atomic E-state index is 0.755. The van der Waals surface area contributed by atoms with Gasteiger partial charge in [-0.15, -0.1) is 11.3 Å². The van der Waals surface area contributed by atoms with E-state index < -0.39 is 0 Å². The van der Waals surface area contributed by atoms with Crippen LogP contribution in [-0.2, 0) is 13.1 Å². The molecule has 2 heterocycles. The molecule has 6 heteroatoms. The van der Waals surface area contributed by atoms with Crippen molar-refractivity contribution in [1.82, 2.24) is 9.88 Å². The van der Waals surface area contributed by atoms with Crippen LogP contribution in [0, 0.1) is 6.92 Å². The van der Waals surface area contributed by atoms with Crippen LogP contribution < -0.4 is 9.47 Å². The van der Waals surface area contributed by atoms with Crippen molar-refractivity contribution in [2.75, 3.05) is 21.3 Å². The van der Waals surface area contributed by atoms with Crippen molar-refractivity contribution in [2.24, 2.45) is 0 Å². The number of thiazole rings is 1. The molecule has 0 fully saturated rings. The average molecular weight is 358 g/mol. The standard InChI is InChI=1S/C19H22N2O3S/c1-13-5-8-17(24-13)19-20-15(12-25-19)11-21(2)10-14-6-7-16(22-3)9-18(14)23-4/h5-9,12H,10-11H2,1-4H3. The SMILES string of the molecule is COc1ccc(CN(C)Cc2csc(-c3ccc(C)o3)n2)c(OC)c1. The quantitative estimate of drug-likeness (QED) is 0.628. The van der Waals surface area contributed by atoms with Gasteiger partial charge in [0.2, 0.25) is 0 Å². The van der Waals surface area contributed by atoms with Gasteiger partial charge in [0.15, 0.2) is 10.8 Å². The van der Waals surface area contributed by atoms with Crippen LogP contribution in [0.2, 0.25) is 0 Å². The summed E-state index contributed by atoms with van der Waals surface area (Å²) in [6, 6.07) is 9.81. The molecule has 0 spiro atoms. The van der Waals surface area contributed by atoms with E-state index in [1.54, 1.807) is 25.6 Å². The summed E-state index contributed by atoms with van der Waals surface area (Å²) in [6.07, 6.45) is 0. The van der Waals surface area contributed by atoms with Gasteiger partial charge in [-0.2, -0.15) is 0 Å². The Morgan fingerprint density at radius 3 is 2.64 bits per heavy atom. The number of methoxy groups -OCH3 is 2. The number of nitrogens with zero attached hydrogens (tertiary/aromatic N) is 2. The van der Waals surface area contributed by atoms with Gasteiger partial charge in [-0.25, -0.2) is 4.98 Å². The third-order valence-corrected chi connectivity index (χ3v) is 4.77. The molecule has 5 nitrogen and oxygen atoms in total. The van der Waals surface area contributed by atoms with Crippen molar-refractivity contribution < 1.29 is 13.9 Å². The second-order valence-corrected chi connectivity index (χ2v) is 6.76. The fourth-order valence-electron chi connectivity index (χ4n) is 2.65. The molecule has 0 unspecified atom stereocenters. The monoisotopic (exact) mass is 358 g/mol. The molecule has 3 rings (SSSR count). The lowest BCUT2D eigenvalue weighted by atomic mass is 10.1. The summed E-state index contributed by atoms with van der Waals surface area (Å²) in [5, 5.41) is 2.99. The Hall–Kier alpha value is -2.31. The molecule has 132 valence electrons. The molecule has 1 aromatic carbocycles. The highest BCUT2D eigenvalue weighted by Gasteiger charge is 2.12. The average Bonchev–Trinajstić information content (AvgIpc) is 3.24. The Balaban J connectivity index is 1.67. The van der Waals surface area contributed by atoms with E-state index in [2.05, 4.69) is 22.3 Å². The fraction of sp³-hybridized carbons (Fsp3) is 0.316.